The topological polar surface area (TPSA) is 60.9 Å². The third-order valence-electron chi connectivity index (χ3n) is 4.90. The molecule has 0 spiro atoms. The van der Waals surface area contributed by atoms with Gasteiger partial charge >= 0.3 is 5.97 Å². The first-order chi connectivity index (χ1) is 13.9. The number of aryl methyl sites for hydroxylation is 1. The van der Waals surface area contributed by atoms with Crippen LogP contribution < -0.4 is 4.74 Å². The second-order valence-corrected chi connectivity index (χ2v) is 7.72. The monoisotopic (exact) mass is 398 g/mol. The highest BCUT2D eigenvalue weighted by Gasteiger charge is 2.30. The predicted molar refractivity (Wildman–Crippen MR) is 110 cm³/mol. The molecule has 2 heterocycles. The van der Waals surface area contributed by atoms with E-state index in [0.717, 1.165) is 29.1 Å². The van der Waals surface area contributed by atoms with Crippen molar-refractivity contribution in [2.75, 3.05) is 13.2 Å². The minimum Gasteiger partial charge on any atom is -0.466 e. The summed E-state index contributed by atoms with van der Waals surface area (Å²) in [5.74, 6) is -0.0297. The zero-order valence-electron chi connectivity index (χ0n) is 17.7. The van der Waals surface area contributed by atoms with Crippen LogP contribution in [0, 0.1) is 6.92 Å². The van der Waals surface area contributed by atoms with Crippen LogP contribution in [0.5, 0.6) is 5.75 Å². The van der Waals surface area contributed by atoms with Crippen molar-refractivity contribution in [1.29, 1.82) is 0 Å². The number of esters is 1. The fraction of sp³-hybridized carbons (Fsp3) is 0.478. The summed E-state index contributed by atoms with van der Waals surface area (Å²) >= 11 is 0. The Morgan fingerprint density at radius 2 is 2.00 bits per heavy atom. The zero-order chi connectivity index (χ0) is 20.9. The number of rotatable bonds is 8. The molecule has 0 radical (unpaired) electrons. The molecule has 6 heteroatoms. The number of pyridine rings is 1. The first kappa shape index (κ1) is 21.3. The molecule has 1 aliphatic rings. The smallest absolute Gasteiger partial charge is 0.307 e. The predicted octanol–water partition coefficient (Wildman–Crippen LogP) is 3.99. The standard InChI is InChI=1S/C23H30N2O4/c1-5-27-21(26)11-12-25(14-18-9-7-6-8-10-18)15-19-13-24-17(2)22-20(19)16-28-23(3,4)29-22/h6-10,13H,5,11-12,14-16H2,1-4H3. The van der Waals surface area contributed by atoms with Crippen molar-refractivity contribution >= 4 is 5.97 Å². The SMILES string of the molecule is CCOC(=O)CCN(Cc1ccccc1)Cc1cnc(C)c2c1COC(C)(C)O2. The van der Waals surface area contributed by atoms with Gasteiger partial charge < -0.3 is 14.2 Å². The molecule has 0 saturated heterocycles. The Labute approximate surface area is 172 Å². The van der Waals surface area contributed by atoms with Crippen molar-refractivity contribution in [2.45, 2.75) is 59.6 Å². The second-order valence-electron chi connectivity index (χ2n) is 7.72. The number of nitrogens with zero attached hydrogens (tertiary/aromatic N) is 2. The van der Waals surface area contributed by atoms with E-state index in [1.165, 1.54) is 5.56 Å². The van der Waals surface area contributed by atoms with Gasteiger partial charge in [-0.05, 0) is 25.0 Å². The maximum atomic E-state index is 11.9. The van der Waals surface area contributed by atoms with Crippen molar-refractivity contribution in [2.24, 2.45) is 0 Å². The number of benzene rings is 1. The molecule has 3 rings (SSSR count). The largest absolute Gasteiger partial charge is 0.466 e. The molecule has 0 saturated carbocycles. The molecule has 29 heavy (non-hydrogen) atoms. The van der Waals surface area contributed by atoms with Gasteiger partial charge in [0.25, 0.3) is 0 Å². The van der Waals surface area contributed by atoms with Crippen LogP contribution in [0.2, 0.25) is 0 Å². The molecule has 0 aliphatic carbocycles. The van der Waals surface area contributed by atoms with Crippen LogP contribution >= 0.6 is 0 Å². The third-order valence-corrected chi connectivity index (χ3v) is 4.90. The molecule has 0 fully saturated rings. The molecule has 6 nitrogen and oxygen atoms in total. The highest BCUT2D eigenvalue weighted by molar-refractivity contribution is 5.69. The summed E-state index contributed by atoms with van der Waals surface area (Å²) in [6.07, 6.45) is 2.24. The van der Waals surface area contributed by atoms with Crippen LogP contribution in [0.15, 0.2) is 36.5 Å². The van der Waals surface area contributed by atoms with Crippen LogP contribution in [-0.4, -0.2) is 34.8 Å². The highest BCUT2D eigenvalue weighted by Crippen LogP contribution is 2.35. The first-order valence-corrected chi connectivity index (χ1v) is 10.1. The van der Waals surface area contributed by atoms with Gasteiger partial charge in [0.15, 0.2) is 0 Å². The molecule has 156 valence electrons. The van der Waals surface area contributed by atoms with Crippen molar-refractivity contribution in [3.05, 3.63) is 58.9 Å². The van der Waals surface area contributed by atoms with E-state index in [0.29, 0.717) is 32.7 Å². The minimum atomic E-state index is -0.661. The Kier molecular flexibility index (Phi) is 6.87. The van der Waals surface area contributed by atoms with E-state index >= 15 is 0 Å². The summed E-state index contributed by atoms with van der Waals surface area (Å²) in [4.78, 5) is 18.7. The van der Waals surface area contributed by atoms with E-state index in [9.17, 15) is 4.79 Å². The summed E-state index contributed by atoms with van der Waals surface area (Å²) < 4.78 is 17.0. The molecule has 0 atom stereocenters. The molecule has 0 bridgehead atoms. The lowest BCUT2D eigenvalue weighted by atomic mass is 10.1. The van der Waals surface area contributed by atoms with Gasteiger partial charge in [-0.1, -0.05) is 30.3 Å². The molecular weight excluding hydrogens is 368 g/mol. The van der Waals surface area contributed by atoms with E-state index in [-0.39, 0.29) is 5.97 Å². The first-order valence-electron chi connectivity index (χ1n) is 10.1. The molecule has 1 aliphatic heterocycles. The average Bonchev–Trinajstić information content (AvgIpc) is 2.69. The summed E-state index contributed by atoms with van der Waals surface area (Å²) in [7, 11) is 0. The second kappa shape index (κ2) is 9.37. The Bertz CT molecular complexity index is 836. The number of fused-ring (bicyclic) bond motifs is 1. The summed E-state index contributed by atoms with van der Waals surface area (Å²) in [5, 5.41) is 0. The fourth-order valence-corrected chi connectivity index (χ4v) is 3.41. The summed E-state index contributed by atoms with van der Waals surface area (Å²) in [6, 6.07) is 10.2. The maximum Gasteiger partial charge on any atom is 0.307 e. The maximum absolute atomic E-state index is 11.9. The lowest BCUT2D eigenvalue weighted by Crippen LogP contribution is -2.36. The van der Waals surface area contributed by atoms with Crippen molar-refractivity contribution < 1.29 is 19.0 Å². The van der Waals surface area contributed by atoms with Crippen LogP contribution in [-0.2, 0) is 34.0 Å². The minimum absolute atomic E-state index is 0.178. The molecular formula is C23H30N2O4. The van der Waals surface area contributed by atoms with Gasteiger partial charge in [0.05, 0.1) is 25.3 Å². The number of hydrogen-bond acceptors (Lipinski definition) is 6. The number of aromatic nitrogens is 1. The lowest BCUT2D eigenvalue weighted by molar-refractivity contribution is -0.181. The Hall–Kier alpha value is -2.44. The molecule has 0 amide bonds. The third kappa shape index (κ3) is 5.78. The molecule has 0 N–H and O–H groups in total. The van der Waals surface area contributed by atoms with Gasteiger partial charge in [0.2, 0.25) is 5.79 Å². The quantitative estimate of drug-likeness (QED) is 0.627. The van der Waals surface area contributed by atoms with E-state index in [1.807, 2.05) is 52.1 Å². The van der Waals surface area contributed by atoms with E-state index in [2.05, 4.69) is 22.0 Å². The van der Waals surface area contributed by atoms with E-state index < -0.39 is 5.79 Å². The summed E-state index contributed by atoms with van der Waals surface area (Å²) in [6.45, 7) is 10.5. The van der Waals surface area contributed by atoms with Crippen LogP contribution in [0.25, 0.3) is 0 Å². The molecule has 0 unspecified atom stereocenters. The van der Waals surface area contributed by atoms with E-state index in [1.54, 1.807) is 0 Å². The lowest BCUT2D eigenvalue weighted by Gasteiger charge is -2.34. The van der Waals surface area contributed by atoms with Crippen LogP contribution in [0.3, 0.4) is 0 Å². The molecule has 1 aromatic carbocycles. The van der Waals surface area contributed by atoms with Crippen LogP contribution in [0.4, 0.5) is 0 Å². The number of ether oxygens (including phenoxy) is 3. The van der Waals surface area contributed by atoms with Gasteiger partial charge in [-0.15, -0.1) is 0 Å². The van der Waals surface area contributed by atoms with Gasteiger partial charge in [0, 0.05) is 45.2 Å². The zero-order valence-corrected chi connectivity index (χ0v) is 17.7. The summed E-state index contributed by atoms with van der Waals surface area (Å²) in [5.41, 5.74) is 4.15. The van der Waals surface area contributed by atoms with Crippen LogP contribution in [0.1, 0.15) is 49.6 Å². The molecule has 2 aromatic rings. The van der Waals surface area contributed by atoms with Crippen molar-refractivity contribution in [3.63, 3.8) is 0 Å². The van der Waals surface area contributed by atoms with Gasteiger partial charge in [-0.3, -0.25) is 14.7 Å². The van der Waals surface area contributed by atoms with Crippen molar-refractivity contribution in [3.8, 4) is 5.75 Å². The Morgan fingerprint density at radius 1 is 1.24 bits per heavy atom. The Balaban J connectivity index is 1.80. The van der Waals surface area contributed by atoms with Gasteiger partial charge in [0.1, 0.15) is 5.75 Å². The van der Waals surface area contributed by atoms with Gasteiger partial charge in [-0.25, -0.2) is 0 Å². The fourth-order valence-electron chi connectivity index (χ4n) is 3.41. The van der Waals surface area contributed by atoms with Gasteiger partial charge in [-0.2, -0.15) is 0 Å². The number of carbonyl (C=O) groups excluding carboxylic acids is 1. The highest BCUT2D eigenvalue weighted by atomic mass is 16.7. The number of carbonyl (C=O) groups is 1. The molecule has 1 aromatic heterocycles. The normalized spacial score (nSPS) is 14.9. The van der Waals surface area contributed by atoms with Crippen molar-refractivity contribution in [1.82, 2.24) is 9.88 Å². The van der Waals surface area contributed by atoms with E-state index in [4.69, 9.17) is 14.2 Å². The number of hydrogen-bond donors (Lipinski definition) is 0. The average molecular weight is 399 g/mol. The Morgan fingerprint density at radius 3 is 2.72 bits per heavy atom.